The number of carbonyl (C=O) groups is 2. The molecule has 0 heterocycles. The van der Waals surface area contributed by atoms with E-state index in [2.05, 4.69) is 17.2 Å². The van der Waals surface area contributed by atoms with E-state index in [1.807, 2.05) is 30.3 Å². The summed E-state index contributed by atoms with van der Waals surface area (Å²) in [5, 5.41) is 21.0. The lowest BCUT2D eigenvalue weighted by atomic mass is 10.1. The molecule has 0 radical (unpaired) electrons. The number of ether oxygens (including phenoxy) is 1. The molecule has 0 aliphatic heterocycles. The monoisotopic (exact) mass is 339 g/mol. The molecule has 0 aliphatic rings. The van der Waals surface area contributed by atoms with Crippen molar-refractivity contribution in [3.05, 3.63) is 65.2 Å². The smallest absolute Gasteiger partial charge is 0.408 e. The minimum Gasteiger partial charge on any atom is -0.507 e. The third kappa shape index (κ3) is 6.28. The summed E-state index contributed by atoms with van der Waals surface area (Å²) in [6, 6.07) is 13.7. The predicted molar refractivity (Wildman–Crippen MR) is 91.0 cm³/mol. The number of phenols is 1. The highest BCUT2D eigenvalue weighted by Gasteiger charge is 2.04. The zero-order valence-electron chi connectivity index (χ0n) is 13.4. The summed E-state index contributed by atoms with van der Waals surface area (Å²) in [6.45, 7) is 0.203. The number of carboxylic acid groups (broad SMARTS) is 1. The van der Waals surface area contributed by atoms with Crippen molar-refractivity contribution in [3.8, 4) is 17.6 Å². The molecule has 6 nitrogen and oxygen atoms in total. The van der Waals surface area contributed by atoms with Crippen LogP contribution in [0.3, 0.4) is 0 Å². The summed E-state index contributed by atoms with van der Waals surface area (Å²) >= 11 is 0. The molecule has 0 atom stereocenters. The van der Waals surface area contributed by atoms with Gasteiger partial charge >= 0.3 is 12.1 Å². The number of nitrogens with one attached hydrogen (secondary N) is 1. The van der Waals surface area contributed by atoms with Crippen LogP contribution in [0.25, 0.3) is 0 Å². The number of benzene rings is 2. The molecule has 0 bridgehead atoms. The van der Waals surface area contributed by atoms with Gasteiger partial charge in [0, 0.05) is 0 Å². The Morgan fingerprint density at radius 1 is 1.08 bits per heavy atom. The van der Waals surface area contributed by atoms with Crippen LogP contribution < -0.4 is 5.32 Å². The quantitative estimate of drug-likeness (QED) is 0.727. The first-order valence-electron chi connectivity index (χ1n) is 7.51. The highest BCUT2D eigenvalue weighted by Crippen LogP contribution is 2.17. The van der Waals surface area contributed by atoms with Gasteiger partial charge in [-0.1, -0.05) is 48.2 Å². The van der Waals surface area contributed by atoms with Crippen LogP contribution in [0.15, 0.2) is 48.5 Å². The van der Waals surface area contributed by atoms with Gasteiger partial charge in [0.1, 0.15) is 12.4 Å². The molecular formula is C19H17NO5. The van der Waals surface area contributed by atoms with Crippen molar-refractivity contribution in [2.45, 2.75) is 13.0 Å². The van der Waals surface area contributed by atoms with Gasteiger partial charge in [0.25, 0.3) is 0 Å². The second-order valence-electron chi connectivity index (χ2n) is 5.14. The van der Waals surface area contributed by atoms with Crippen molar-refractivity contribution in [1.82, 2.24) is 5.32 Å². The number of hydrogen-bond donors (Lipinski definition) is 3. The van der Waals surface area contributed by atoms with E-state index in [1.54, 1.807) is 0 Å². The Morgan fingerprint density at radius 2 is 1.84 bits per heavy atom. The largest absolute Gasteiger partial charge is 0.507 e. The highest BCUT2D eigenvalue weighted by molar-refractivity contribution is 5.70. The van der Waals surface area contributed by atoms with Gasteiger partial charge in [-0.05, 0) is 23.3 Å². The first-order chi connectivity index (χ1) is 12.0. The molecule has 0 aromatic heterocycles. The molecule has 3 N–H and O–H groups in total. The number of aromatic hydroxyl groups is 1. The van der Waals surface area contributed by atoms with Crippen LogP contribution in [0.5, 0.6) is 5.75 Å². The van der Waals surface area contributed by atoms with Crippen LogP contribution in [-0.2, 0) is 22.6 Å². The summed E-state index contributed by atoms with van der Waals surface area (Å²) in [6.07, 6.45) is -0.749. The van der Waals surface area contributed by atoms with Gasteiger partial charge in [-0.2, -0.15) is 0 Å². The van der Waals surface area contributed by atoms with Crippen molar-refractivity contribution >= 4 is 12.1 Å². The minimum atomic E-state index is -0.965. The molecule has 0 saturated heterocycles. The van der Waals surface area contributed by atoms with E-state index in [-0.39, 0.29) is 25.3 Å². The summed E-state index contributed by atoms with van der Waals surface area (Å²) in [5.74, 6) is 4.36. The van der Waals surface area contributed by atoms with Crippen LogP contribution in [0.1, 0.15) is 16.7 Å². The average molecular weight is 339 g/mol. The van der Waals surface area contributed by atoms with Gasteiger partial charge in [0.05, 0.1) is 18.5 Å². The minimum absolute atomic E-state index is 0.0379. The lowest BCUT2D eigenvalue weighted by molar-refractivity contribution is -0.136. The first-order valence-corrected chi connectivity index (χ1v) is 7.51. The molecule has 0 unspecified atom stereocenters. The van der Waals surface area contributed by atoms with E-state index in [9.17, 15) is 14.7 Å². The van der Waals surface area contributed by atoms with Crippen molar-refractivity contribution in [1.29, 1.82) is 0 Å². The maximum atomic E-state index is 11.6. The molecule has 0 saturated carbocycles. The molecule has 0 spiro atoms. The topological polar surface area (TPSA) is 95.9 Å². The molecule has 2 aromatic rings. The predicted octanol–water partition coefficient (Wildman–Crippen LogP) is 2.30. The summed E-state index contributed by atoms with van der Waals surface area (Å²) in [7, 11) is 0. The lowest BCUT2D eigenvalue weighted by Gasteiger charge is -2.04. The Labute approximate surface area is 145 Å². The standard InChI is InChI=1S/C19H17NO5/c21-17-9-8-15(12-18(22)23)11-16(17)7-4-10-20-19(24)25-13-14-5-2-1-3-6-14/h1-3,5-6,8-9,11,21H,10,12-13H2,(H,20,24)(H,22,23). The van der Waals surface area contributed by atoms with E-state index in [0.29, 0.717) is 11.1 Å². The van der Waals surface area contributed by atoms with E-state index in [4.69, 9.17) is 9.84 Å². The SMILES string of the molecule is O=C(O)Cc1ccc(O)c(C#CCNC(=O)OCc2ccccc2)c1. The van der Waals surface area contributed by atoms with Crippen molar-refractivity contribution in [2.75, 3.05) is 6.54 Å². The number of aliphatic carboxylic acids is 1. The molecule has 0 aliphatic carbocycles. The summed E-state index contributed by atoms with van der Waals surface area (Å²) in [4.78, 5) is 22.3. The Kier molecular flexibility index (Phi) is 6.43. The van der Waals surface area contributed by atoms with Crippen molar-refractivity contribution in [3.63, 3.8) is 0 Å². The van der Waals surface area contributed by atoms with Crippen LogP contribution in [0, 0.1) is 11.8 Å². The Bertz CT molecular complexity index is 806. The lowest BCUT2D eigenvalue weighted by Crippen LogP contribution is -2.24. The molecule has 2 aromatic carbocycles. The highest BCUT2D eigenvalue weighted by atomic mass is 16.5. The normalized spacial score (nSPS) is 9.60. The summed E-state index contributed by atoms with van der Waals surface area (Å²) in [5.41, 5.74) is 1.71. The molecule has 2 rings (SSSR count). The average Bonchev–Trinajstić information content (AvgIpc) is 2.60. The molecule has 25 heavy (non-hydrogen) atoms. The van der Waals surface area contributed by atoms with Gasteiger partial charge < -0.3 is 20.3 Å². The molecule has 128 valence electrons. The van der Waals surface area contributed by atoms with E-state index < -0.39 is 12.1 Å². The maximum Gasteiger partial charge on any atom is 0.408 e. The zero-order valence-corrected chi connectivity index (χ0v) is 13.4. The number of amides is 1. The third-order valence-electron chi connectivity index (χ3n) is 3.17. The van der Waals surface area contributed by atoms with Gasteiger partial charge in [-0.3, -0.25) is 4.79 Å². The Hall–Kier alpha value is -3.46. The van der Waals surface area contributed by atoms with Crippen LogP contribution in [-0.4, -0.2) is 28.8 Å². The molecule has 0 fully saturated rings. The van der Waals surface area contributed by atoms with Crippen LogP contribution in [0.4, 0.5) is 4.79 Å². The van der Waals surface area contributed by atoms with Gasteiger partial charge in [-0.25, -0.2) is 4.79 Å². The molecular weight excluding hydrogens is 322 g/mol. The number of hydrogen-bond acceptors (Lipinski definition) is 4. The first kappa shape index (κ1) is 17.9. The van der Waals surface area contributed by atoms with E-state index in [0.717, 1.165) is 5.56 Å². The Balaban J connectivity index is 1.83. The molecule has 1 amide bonds. The second-order valence-corrected chi connectivity index (χ2v) is 5.14. The van der Waals surface area contributed by atoms with E-state index >= 15 is 0 Å². The number of phenolic OH excluding ortho intramolecular Hbond substituents is 1. The maximum absolute atomic E-state index is 11.6. The summed E-state index contributed by atoms with van der Waals surface area (Å²) < 4.78 is 5.03. The molecule has 6 heteroatoms. The fourth-order valence-electron chi connectivity index (χ4n) is 2.00. The van der Waals surface area contributed by atoms with Gasteiger partial charge in [0.15, 0.2) is 0 Å². The van der Waals surface area contributed by atoms with Crippen molar-refractivity contribution < 1.29 is 24.5 Å². The van der Waals surface area contributed by atoms with Crippen molar-refractivity contribution in [2.24, 2.45) is 0 Å². The number of alkyl carbamates (subject to hydrolysis) is 1. The Morgan fingerprint density at radius 3 is 2.56 bits per heavy atom. The van der Waals surface area contributed by atoms with Gasteiger partial charge in [-0.15, -0.1) is 0 Å². The number of carboxylic acids is 1. The van der Waals surface area contributed by atoms with Crippen LogP contribution in [0.2, 0.25) is 0 Å². The third-order valence-corrected chi connectivity index (χ3v) is 3.17. The second kappa shape index (κ2) is 8.99. The van der Waals surface area contributed by atoms with E-state index in [1.165, 1.54) is 18.2 Å². The van der Waals surface area contributed by atoms with Gasteiger partial charge in [0.2, 0.25) is 0 Å². The van der Waals surface area contributed by atoms with Crippen LogP contribution >= 0.6 is 0 Å². The fraction of sp³-hybridized carbons (Fsp3) is 0.158. The number of carbonyl (C=O) groups excluding carboxylic acids is 1. The number of rotatable bonds is 5. The zero-order chi connectivity index (χ0) is 18.1. The fourth-order valence-corrected chi connectivity index (χ4v) is 2.00.